The van der Waals surface area contributed by atoms with Crippen LogP contribution in [0, 0.1) is 0 Å². The third-order valence-corrected chi connectivity index (χ3v) is 5.33. The Labute approximate surface area is 210 Å². The van der Waals surface area contributed by atoms with Gasteiger partial charge in [-0.05, 0) is 35.7 Å². The van der Waals surface area contributed by atoms with Crippen molar-refractivity contribution < 1.29 is 90.2 Å². The van der Waals surface area contributed by atoms with E-state index in [0.29, 0.717) is 0 Å². The summed E-state index contributed by atoms with van der Waals surface area (Å²) in [4.78, 5) is -1.16. The zero-order valence-electron chi connectivity index (χ0n) is 15.3. The summed E-state index contributed by atoms with van der Waals surface area (Å²) >= 11 is 0. The van der Waals surface area contributed by atoms with Gasteiger partial charge in [0.15, 0.2) is 0 Å². The molecule has 3 aromatic carbocycles. The summed E-state index contributed by atoms with van der Waals surface area (Å²) in [5.74, 6) is -0.609. The van der Waals surface area contributed by atoms with Crippen molar-refractivity contribution in [1.29, 1.82) is 0 Å². The number of azo groups is 1. The second-order valence-electron chi connectivity index (χ2n) is 5.39. The van der Waals surface area contributed by atoms with Crippen LogP contribution in [0.2, 0.25) is 0 Å². The molecule has 13 heteroatoms. The molecule has 0 aliphatic rings. The van der Waals surface area contributed by atoms with Gasteiger partial charge in [0.2, 0.25) is 0 Å². The van der Waals surface area contributed by atoms with E-state index in [1.165, 1.54) is 24.3 Å². The maximum Gasteiger partial charge on any atom is 1.00 e. The minimum atomic E-state index is -4.75. The molecule has 29 heavy (non-hydrogen) atoms. The molecule has 0 saturated heterocycles. The predicted octanol–water partition coefficient (Wildman–Crippen LogP) is -3.51. The first-order valence-corrected chi connectivity index (χ1v) is 10.1. The Hall–Kier alpha value is -0.860. The molecule has 0 bridgehead atoms. The molecule has 0 aromatic heterocycles. The largest absolute Gasteiger partial charge is 1.00 e. The fraction of sp³-hybridized carbons (Fsp3) is 0. The molecular formula is C16H10N2Na2O7S2. The predicted molar refractivity (Wildman–Crippen MR) is 91.8 cm³/mol. The SMILES string of the molecule is O=S(=O)([O-])c1ccc(N=Nc2c(S(=O)(=O)O)cc([O-])c3ccccc23)cc1.[Na+].[Na+]. The summed E-state index contributed by atoms with van der Waals surface area (Å²) in [6.45, 7) is 0. The van der Waals surface area contributed by atoms with Crippen LogP contribution in [0.5, 0.6) is 5.75 Å². The van der Waals surface area contributed by atoms with Gasteiger partial charge < -0.3 is 9.66 Å². The number of fused-ring (bicyclic) bond motifs is 1. The van der Waals surface area contributed by atoms with E-state index in [2.05, 4.69) is 10.2 Å². The third-order valence-electron chi connectivity index (χ3n) is 3.61. The van der Waals surface area contributed by atoms with Crippen LogP contribution >= 0.6 is 0 Å². The molecule has 3 aromatic rings. The Kier molecular flexibility index (Phi) is 8.99. The van der Waals surface area contributed by atoms with E-state index in [4.69, 9.17) is 0 Å². The van der Waals surface area contributed by atoms with Gasteiger partial charge in [-0.2, -0.15) is 13.5 Å². The van der Waals surface area contributed by atoms with E-state index in [1.54, 1.807) is 12.1 Å². The van der Waals surface area contributed by atoms with Crippen molar-refractivity contribution in [2.24, 2.45) is 10.2 Å². The van der Waals surface area contributed by atoms with Crippen LogP contribution in [0.4, 0.5) is 11.4 Å². The molecule has 0 aliphatic heterocycles. The topological polar surface area (TPSA) is 159 Å². The molecule has 0 saturated carbocycles. The minimum Gasteiger partial charge on any atom is -0.872 e. The molecule has 0 aliphatic carbocycles. The van der Waals surface area contributed by atoms with Gasteiger partial charge >= 0.3 is 59.1 Å². The van der Waals surface area contributed by atoms with Gasteiger partial charge in [-0.1, -0.05) is 30.0 Å². The maximum absolute atomic E-state index is 12.1. The van der Waals surface area contributed by atoms with Gasteiger partial charge in [0.05, 0.1) is 10.6 Å². The van der Waals surface area contributed by atoms with Crippen LogP contribution in [0.15, 0.2) is 74.6 Å². The van der Waals surface area contributed by atoms with Gasteiger partial charge in [-0.3, -0.25) is 4.55 Å². The van der Waals surface area contributed by atoms with E-state index in [0.717, 1.165) is 18.2 Å². The minimum absolute atomic E-state index is 0. The second kappa shape index (κ2) is 9.96. The molecule has 3 rings (SSSR count). The van der Waals surface area contributed by atoms with Gasteiger partial charge in [-0.25, -0.2) is 8.42 Å². The Morgan fingerprint density at radius 2 is 1.38 bits per heavy atom. The standard InChI is InChI=1S/C16H12N2O7S2.2Na/c19-14-9-15(27(23,24)25)16(13-4-2-1-3-12(13)14)18-17-10-5-7-11(8-6-10)26(20,21)22;;/h1-9,19H,(H,20,21,22)(H,23,24,25);;/q;2*+1/p-2. The molecule has 1 N–H and O–H groups in total. The van der Waals surface area contributed by atoms with Gasteiger partial charge in [-0.15, -0.1) is 5.11 Å². The Morgan fingerprint density at radius 3 is 1.90 bits per heavy atom. The third kappa shape index (κ3) is 6.07. The summed E-state index contributed by atoms with van der Waals surface area (Å²) in [6, 6.07) is 11.3. The Morgan fingerprint density at radius 1 is 0.828 bits per heavy atom. The number of hydrogen-bond acceptors (Lipinski definition) is 8. The average Bonchev–Trinajstić information content (AvgIpc) is 2.60. The Bertz CT molecular complexity index is 1280. The molecule has 0 unspecified atom stereocenters. The van der Waals surface area contributed by atoms with Crippen molar-refractivity contribution in [1.82, 2.24) is 0 Å². The summed E-state index contributed by atoms with van der Waals surface area (Å²) in [5, 5.41) is 20.1. The molecule has 9 nitrogen and oxygen atoms in total. The molecular weight excluding hydrogens is 442 g/mol. The number of nitrogens with zero attached hydrogens (tertiary/aromatic N) is 2. The molecule has 0 spiro atoms. The quantitative estimate of drug-likeness (QED) is 0.244. The normalized spacial score (nSPS) is 11.8. The van der Waals surface area contributed by atoms with Gasteiger partial charge in [0, 0.05) is 5.39 Å². The van der Waals surface area contributed by atoms with E-state index in [9.17, 15) is 31.0 Å². The average molecular weight is 452 g/mol. The second-order valence-corrected chi connectivity index (χ2v) is 8.16. The fourth-order valence-electron chi connectivity index (χ4n) is 2.39. The number of rotatable bonds is 4. The van der Waals surface area contributed by atoms with Crippen molar-refractivity contribution >= 4 is 42.4 Å². The van der Waals surface area contributed by atoms with Crippen LogP contribution < -0.4 is 64.2 Å². The Balaban J connectivity index is 0.00000210. The molecule has 0 atom stereocenters. The van der Waals surface area contributed by atoms with Crippen LogP contribution in [0.3, 0.4) is 0 Å². The van der Waals surface area contributed by atoms with Crippen molar-refractivity contribution in [3.8, 4) is 5.75 Å². The summed E-state index contributed by atoms with van der Waals surface area (Å²) in [7, 11) is -9.37. The van der Waals surface area contributed by atoms with Crippen LogP contribution in [-0.2, 0) is 20.2 Å². The van der Waals surface area contributed by atoms with E-state index in [-0.39, 0.29) is 81.3 Å². The first kappa shape index (κ1) is 26.2. The fourth-order valence-corrected chi connectivity index (χ4v) is 3.51. The molecule has 0 amide bonds. The van der Waals surface area contributed by atoms with Crippen LogP contribution in [-0.4, -0.2) is 25.9 Å². The van der Waals surface area contributed by atoms with E-state index >= 15 is 0 Å². The summed E-state index contributed by atoms with van der Waals surface area (Å²) in [6.07, 6.45) is 0. The molecule has 0 heterocycles. The smallest absolute Gasteiger partial charge is 0.872 e. The zero-order chi connectivity index (χ0) is 19.8. The van der Waals surface area contributed by atoms with E-state index in [1.807, 2.05) is 0 Å². The molecule has 0 fully saturated rings. The molecule has 0 radical (unpaired) electrons. The van der Waals surface area contributed by atoms with Gasteiger partial charge in [0.25, 0.3) is 10.1 Å². The van der Waals surface area contributed by atoms with Crippen molar-refractivity contribution in [2.75, 3.05) is 0 Å². The molecule has 140 valence electrons. The van der Waals surface area contributed by atoms with Crippen molar-refractivity contribution in [3.63, 3.8) is 0 Å². The summed E-state index contributed by atoms with van der Waals surface area (Å²) < 4.78 is 65.4. The van der Waals surface area contributed by atoms with Gasteiger partial charge in [0.1, 0.15) is 20.7 Å². The first-order valence-electron chi connectivity index (χ1n) is 7.25. The zero-order valence-corrected chi connectivity index (χ0v) is 20.9. The van der Waals surface area contributed by atoms with E-state index < -0.39 is 35.8 Å². The first-order chi connectivity index (χ1) is 12.6. The van der Waals surface area contributed by atoms with Crippen LogP contribution in [0.1, 0.15) is 0 Å². The van der Waals surface area contributed by atoms with Crippen LogP contribution in [0.25, 0.3) is 10.8 Å². The monoisotopic (exact) mass is 452 g/mol. The van der Waals surface area contributed by atoms with Crippen molar-refractivity contribution in [3.05, 3.63) is 54.6 Å². The number of benzene rings is 3. The summed E-state index contributed by atoms with van der Waals surface area (Å²) in [5.41, 5.74) is -0.118. The maximum atomic E-state index is 12.1. The number of hydrogen-bond donors (Lipinski definition) is 1. The van der Waals surface area contributed by atoms with Crippen molar-refractivity contribution in [2.45, 2.75) is 9.79 Å².